The molecule has 1 amide bonds. The zero-order valence-corrected chi connectivity index (χ0v) is 19.7. The number of amides is 1. The summed E-state index contributed by atoms with van der Waals surface area (Å²) in [6.07, 6.45) is 0. The van der Waals surface area contributed by atoms with Crippen molar-refractivity contribution < 1.29 is 9.72 Å². The second-order valence-corrected chi connectivity index (χ2v) is 8.83. The van der Waals surface area contributed by atoms with Crippen molar-refractivity contribution in [1.29, 1.82) is 0 Å². The number of thioether (sulfide) groups is 1. The van der Waals surface area contributed by atoms with Crippen molar-refractivity contribution in [3.05, 3.63) is 97.8 Å². The first kappa shape index (κ1) is 23.2. The van der Waals surface area contributed by atoms with Crippen molar-refractivity contribution in [3.8, 4) is 5.69 Å². The summed E-state index contributed by atoms with van der Waals surface area (Å²) >= 11 is 1.16. The number of aromatic nitrogens is 2. The van der Waals surface area contributed by atoms with Crippen LogP contribution in [0.4, 0.5) is 11.4 Å². The van der Waals surface area contributed by atoms with Crippen LogP contribution in [0.15, 0.2) is 70.6 Å². The van der Waals surface area contributed by atoms with Gasteiger partial charge in [0.2, 0.25) is 5.91 Å². The van der Waals surface area contributed by atoms with Crippen molar-refractivity contribution in [2.45, 2.75) is 25.9 Å². The summed E-state index contributed by atoms with van der Waals surface area (Å²) in [5.74, 6) is -0.302. The number of benzene rings is 3. The molecule has 1 heterocycles. The maximum Gasteiger partial charge on any atom is 0.269 e. The number of hydrogen-bond acceptors (Lipinski definition) is 6. The predicted molar refractivity (Wildman–Crippen MR) is 134 cm³/mol. The van der Waals surface area contributed by atoms with Crippen LogP contribution >= 0.6 is 11.8 Å². The van der Waals surface area contributed by atoms with E-state index in [1.54, 1.807) is 29.7 Å². The number of para-hydroxylation sites is 2. The Labute approximate surface area is 199 Å². The molecule has 0 aliphatic carbocycles. The summed E-state index contributed by atoms with van der Waals surface area (Å²) in [7, 11) is 0. The fourth-order valence-electron chi connectivity index (χ4n) is 3.78. The number of carbonyl (C=O) groups is 1. The Kier molecular flexibility index (Phi) is 6.47. The quantitative estimate of drug-likeness (QED) is 0.183. The van der Waals surface area contributed by atoms with Crippen molar-refractivity contribution in [2.75, 3.05) is 11.1 Å². The molecule has 0 bridgehead atoms. The zero-order chi connectivity index (χ0) is 24.4. The van der Waals surface area contributed by atoms with Crippen LogP contribution in [0.1, 0.15) is 16.7 Å². The summed E-state index contributed by atoms with van der Waals surface area (Å²) in [4.78, 5) is 41.3. The van der Waals surface area contributed by atoms with Gasteiger partial charge in [-0.1, -0.05) is 42.1 Å². The van der Waals surface area contributed by atoms with Gasteiger partial charge in [-0.25, -0.2) is 4.98 Å². The van der Waals surface area contributed by atoms with E-state index in [4.69, 9.17) is 4.98 Å². The minimum Gasteiger partial charge on any atom is -0.325 e. The molecule has 0 aliphatic heterocycles. The minimum atomic E-state index is -0.479. The summed E-state index contributed by atoms with van der Waals surface area (Å²) < 4.78 is 1.57. The van der Waals surface area contributed by atoms with E-state index in [2.05, 4.69) is 5.32 Å². The molecule has 0 fully saturated rings. The van der Waals surface area contributed by atoms with Gasteiger partial charge in [-0.2, -0.15) is 0 Å². The Hall–Kier alpha value is -3.98. The van der Waals surface area contributed by atoms with Gasteiger partial charge < -0.3 is 5.32 Å². The van der Waals surface area contributed by atoms with E-state index in [1.165, 1.54) is 18.2 Å². The maximum absolute atomic E-state index is 13.5. The van der Waals surface area contributed by atoms with Crippen LogP contribution in [0.3, 0.4) is 0 Å². The first-order chi connectivity index (χ1) is 16.3. The smallest absolute Gasteiger partial charge is 0.269 e. The van der Waals surface area contributed by atoms with Gasteiger partial charge in [-0.3, -0.25) is 24.3 Å². The normalized spacial score (nSPS) is 10.9. The monoisotopic (exact) mass is 474 g/mol. The number of carbonyl (C=O) groups excluding carboxylic acids is 1. The Morgan fingerprint density at radius 2 is 1.74 bits per heavy atom. The second-order valence-electron chi connectivity index (χ2n) is 7.89. The van der Waals surface area contributed by atoms with Crippen LogP contribution < -0.4 is 10.9 Å². The number of hydrogen-bond donors (Lipinski definition) is 1. The number of anilines is 1. The molecule has 172 valence electrons. The number of nitro benzene ring substituents is 1. The highest BCUT2D eigenvalue weighted by Crippen LogP contribution is 2.26. The molecular weight excluding hydrogens is 452 g/mol. The first-order valence-corrected chi connectivity index (χ1v) is 11.5. The third kappa shape index (κ3) is 4.55. The number of nitro groups is 1. The number of nitrogens with zero attached hydrogens (tertiary/aromatic N) is 3. The molecule has 0 saturated heterocycles. The van der Waals surface area contributed by atoms with Gasteiger partial charge in [0.05, 0.1) is 27.3 Å². The third-order valence-electron chi connectivity index (χ3n) is 5.44. The molecule has 1 N–H and O–H groups in total. The lowest BCUT2D eigenvalue weighted by molar-refractivity contribution is -0.384. The third-order valence-corrected chi connectivity index (χ3v) is 6.37. The molecule has 34 heavy (non-hydrogen) atoms. The fourth-order valence-corrected chi connectivity index (χ4v) is 4.58. The molecular formula is C25H22N4O4S. The van der Waals surface area contributed by atoms with E-state index in [-0.39, 0.29) is 22.9 Å². The first-order valence-electron chi connectivity index (χ1n) is 10.5. The van der Waals surface area contributed by atoms with Gasteiger partial charge in [-0.05, 0) is 55.7 Å². The topological polar surface area (TPSA) is 107 Å². The van der Waals surface area contributed by atoms with Crippen LogP contribution in [-0.4, -0.2) is 26.1 Å². The Morgan fingerprint density at radius 3 is 2.41 bits per heavy atom. The lowest BCUT2D eigenvalue weighted by atomic mass is 10.1. The molecule has 4 rings (SSSR count). The number of rotatable bonds is 6. The molecule has 0 aliphatic rings. The van der Waals surface area contributed by atoms with Crippen LogP contribution in [0.5, 0.6) is 0 Å². The molecule has 8 nitrogen and oxygen atoms in total. The van der Waals surface area contributed by atoms with Crippen molar-refractivity contribution in [2.24, 2.45) is 0 Å². The Balaban J connectivity index is 1.67. The molecule has 3 aromatic carbocycles. The molecule has 1 aromatic heterocycles. The molecule has 4 aromatic rings. The van der Waals surface area contributed by atoms with Gasteiger partial charge in [0, 0.05) is 17.8 Å². The average Bonchev–Trinajstić information content (AvgIpc) is 2.80. The largest absolute Gasteiger partial charge is 0.325 e. The maximum atomic E-state index is 13.5. The molecule has 0 atom stereocenters. The number of nitrogens with one attached hydrogen (secondary N) is 1. The van der Waals surface area contributed by atoms with Crippen LogP contribution in [0.2, 0.25) is 0 Å². The highest BCUT2D eigenvalue weighted by molar-refractivity contribution is 7.99. The number of non-ortho nitro benzene ring substituents is 1. The number of fused-ring (bicyclic) bond motifs is 1. The van der Waals surface area contributed by atoms with E-state index in [0.717, 1.165) is 28.6 Å². The van der Waals surface area contributed by atoms with E-state index in [9.17, 15) is 19.7 Å². The van der Waals surface area contributed by atoms with E-state index >= 15 is 0 Å². The van der Waals surface area contributed by atoms with Crippen molar-refractivity contribution >= 4 is 39.9 Å². The Morgan fingerprint density at radius 1 is 1.03 bits per heavy atom. The highest BCUT2D eigenvalue weighted by Gasteiger charge is 2.18. The summed E-state index contributed by atoms with van der Waals surface area (Å²) in [6, 6.07) is 17.2. The van der Waals surface area contributed by atoms with Gasteiger partial charge in [0.15, 0.2) is 5.16 Å². The van der Waals surface area contributed by atoms with E-state index in [0.29, 0.717) is 27.3 Å². The SMILES string of the molecule is Cc1cc([N+](=O)[O-])ccc1NC(=O)CSc1nc2ccccc2c(=O)n1-c1c(C)cccc1C. The molecule has 9 heteroatoms. The van der Waals surface area contributed by atoms with Gasteiger partial charge >= 0.3 is 0 Å². The van der Waals surface area contributed by atoms with Gasteiger partial charge in [-0.15, -0.1) is 0 Å². The lowest BCUT2D eigenvalue weighted by Gasteiger charge is -2.17. The van der Waals surface area contributed by atoms with Gasteiger partial charge in [0.1, 0.15) is 0 Å². The van der Waals surface area contributed by atoms with E-state index < -0.39 is 4.92 Å². The lowest BCUT2D eigenvalue weighted by Crippen LogP contribution is -2.24. The van der Waals surface area contributed by atoms with Crippen molar-refractivity contribution in [1.82, 2.24) is 9.55 Å². The summed E-state index contributed by atoms with van der Waals surface area (Å²) in [5, 5.41) is 14.6. The van der Waals surface area contributed by atoms with Crippen molar-refractivity contribution in [3.63, 3.8) is 0 Å². The Bertz CT molecular complexity index is 1480. The standard InChI is InChI=1S/C25H22N4O4S/c1-15-7-6-8-16(2)23(15)28-24(31)19-9-4-5-10-21(19)27-25(28)34-14-22(30)26-20-12-11-18(29(32)33)13-17(20)3/h4-13H,14H2,1-3H3,(H,26,30). The van der Waals surface area contributed by atoms with Crippen LogP contribution in [-0.2, 0) is 4.79 Å². The molecule has 0 spiro atoms. The molecule has 0 unspecified atom stereocenters. The summed E-state index contributed by atoms with van der Waals surface area (Å²) in [5.41, 5.74) is 4.00. The van der Waals surface area contributed by atoms with Gasteiger partial charge in [0.25, 0.3) is 11.2 Å². The molecule has 0 saturated carbocycles. The highest BCUT2D eigenvalue weighted by atomic mass is 32.2. The second kappa shape index (κ2) is 9.48. The zero-order valence-electron chi connectivity index (χ0n) is 18.9. The van der Waals surface area contributed by atoms with Crippen LogP contribution in [0.25, 0.3) is 16.6 Å². The predicted octanol–water partition coefficient (Wildman–Crippen LogP) is 4.95. The van der Waals surface area contributed by atoms with Crippen LogP contribution in [0, 0.1) is 30.9 Å². The number of aryl methyl sites for hydroxylation is 3. The molecule has 0 radical (unpaired) electrons. The summed E-state index contributed by atoms with van der Waals surface area (Å²) in [6.45, 7) is 5.56. The fraction of sp³-hybridized carbons (Fsp3) is 0.160. The average molecular weight is 475 g/mol. The minimum absolute atomic E-state index is 0.00609. The van der Waals surface area contributed by atoms with E-state index in [1.807, 2.05) is 38.1 Å².